The van der Waals surface area contributed by atoms with Gasteiger partial charge in [-0.25, -0.2) is 0 Å². The van der Waals surface area contributed by atoms with Crippen molar-refractivity contribution in [2.24, 2.45) is 0 Å². The van der Waals surface area contributed by atoms with Crippen LogP contribution in [0.3, 0.4) is 0 Å². The Bertz CT molecular complexity index is 251. The van der Waals surface area contributed by atoms with Gasteiger partial charge in [-0.3, -0.25) is 0 Å². The van der Waals surface area contributed by atoms with Crippen LogP contribution >= 0.6 is 0 Å². The average Bonchev–Trinajstić information content (AvgIpc) is 2.71. The molecule has 0 unspecified atom stereocenters. The summed E-state index contributed by atoms with van der Waals surface area (Å²) >= 11 is 0. The van der Waals surface area contributed by atoms with Crippen LogP contribution in [0.2, 0.25) is 39.3 Å². The van der Waals surface area contributed by atoms with Crippen LogP contribution in [0.1, 0.15) is 0 Å². The molecule has 2 aliphatic rings. The minimum atomic E-state index is -1.09. The summed E-state index contributed by atoms with van der Waals surface area (Å²) < 4.78 is 0. The van der Waals surface area contributed by atoms with E-state index in [1.807, 2.05) is 0 Å². The molecule has 21 heavy (non-hydrogen) atoms. The van der Waals surface area contributed by atoms with E-state index in [1.54, 1.807) is 5.54 Å². The van der Waals surface area contributed by atoms with Crippen LogP contribution in [-0.2, 0) is 21.7 Å². The van der Waals surface area contributed by atoms with Crippen LogP contribution in [0.25, 0.3) is 0 Å². The summed E-state index contributed by atoms with van der Waals surface area (Å²) in [6.07, 6.45) is 21.5. The molecule has 0 aromatic carbocycles. The summed E-state index contributed by atoms with van der Waals surface area (Å²) in [6.45, 7) is 14.2. The van der Waals surface area contributed by atoms with Gasteiger partial charge in [0.2, 0.25) is 0 Å². The van der Waals surface area contributed by atoms with Gasteiger partial charge in [-0.15, -0.1) is 0 Å². The topological polar surface area (TPSA) is 0 Å². The van der Waals surface area contributed by atoms with E-state index >= 15 is 0 Å². The molecule has 0 aromatic rings. The maximum absolute atomic E-state index is 2.36. The fraction of sp³-hybridized carbons (Fsp3) is 0.333. The Hall–Kier alpha value is 1.15. The van der Waals surface area contributed by atoms with Crippen LogP contribution in [0, 0.1) is 75.3 Å². The van der Waals surface area contributed by atoms with Gasteiger partial charge < -0.3 is 0 Å². The van der Waals surface area contributed by atoms with E-state index in [9.17, 15) is 0 Å². The van der Waals surface area contributed by atoms with Crippen molar-refractivity contribution in [2.75, 3.05) is 0 Å². The quantitative estimate of drug-likeness (QED) is 0.489. The van der Waals surface area contributed by atoms with E-state index in [0.29, 0.717) is 0 Å². The minimum absolute atomic E-state index is 0. The Morgan fingerprint density at radius 3 is 0.952 bits per heavy atom. The van der Waals surface area contributed by atoms with E-state index in [-0.39, 0.29) is 21.7 Å². The smallest absolute Gasteiger partial charge is 0.0516 e. The minimum Gasteiger partial charge on any atom is -0.0691 e. The number of rotatable bonds is 2. The number of hydrogen-bond acceptors (Lipinski definition) is 0. The third-order valence-electron chi connectivity index (χ3n) is 3.28. The molecule has 0 atom stereocenters. The first-order valence-electron chi connectivity index (χ1n) is 7.32. The summed E-state index contributed by atoms with van der Waals surface area (Å²) in [5.74, 6) is 0. The van der Waals surface area contributed by atoms with Crippen LogP contribution < -0.4 is 0 Å². The van der Waals surface area contributed by atoms with E-state index in [0.717, 1.165) is 0 Å². The molecule has 3 heteroatoms. The maximum atomic E-state index is 2.36. The van der Waals surface area contributed by atoms with Crippen molar-refractivity contribution in [1.82, 2.24) is 0 Å². The second-order valence-electron chi connectivity index (χ2n) is 7.23. The molecule has 0 aromatic heterocycles. The molecule has 0 amide bonds. The first-order valence-corrected chi connectivity index (χ1v) is 14.3. The van der Waals surface area contributed by atoms with Gasteiger partial charge in [0.15, 0.2) is 0 Å². The molecular weight excluding hydrogens is 320 g/mol. The van der Waals surface area contributed by atoms with E-state index in [4.69, 9.17) is 0 Å². The Labute approximate surface area is 152 Å². The molecule has 0 aliphatic heterocycles. The molecule has 0 saturated heterocycles. The van der Waals surface area contributed by atoms with Gasteiger partial charge in [-0.05, 0) is 75.3 Å². The third-order valence-corrected chi connectivity index (χ3v) is 7.41. The third kappa shape index (κ3) is 9.13. The van der Waals surface area contributed by atoms with Gasteiger partial charge >= 0.3 is 0 Å². The SMILES string of the molecule is C[Si](C)(C)[C]1[CH][CH][CH][CH]1.C[Si](C)(C)[C]1[CH][CH][CH][CH][CH][CH]1.[Ti]. The molecule has 0 heterocycles. The standard InChI is InChI=1S/C10H15Si.C8H13Si.Ti/c1-11(2,3)10-8-6-4-5-7-9-10;1-9(2,3)8-6-4-5-7-8;/h4-9H,1-3H3;4-7H,1-3H3;. The molecule has 0 N–H and O–H groups in total. The van der Waals surface area contributed by atoms with E-state index < -0.39 is 16.1 Å². The molecule has 0 nitrogen and oxygen atoms in total. The summed E-state index contributed by atoms with van der Waals surface area (Å²) in [7, 11) is -2.07. The average molecular weight is 348 g/mol. The van der Waals surface area contributed by atoms with Crippen LogP contribution in [0.5, 0.6) is 0 Å². The second kappa shape index (κ2) is 10.1. The van der Waals surface area contributed by atoms with Crippen LogP contribution in [0.4, 0.5) is 0 Å². The van der Waals surface area contributed by atoms with Crippen molar-refractivity contribution in [3.05, 3.63) is 75.3 Å². The summed E-state index contributed by atoms with van der Waals surface area (Å²) in [4.78, 5) is 0. The van der Waals surface area contributed by atoms with Crippen molar-refractivity contribution < 1.29 is 21.7 Å². The first-order chi connectivity index (χ1) is 9.21. The van der Waals surface area contributed by atoms with Crippen molar-refractivity contribution in [1.29, 1.82) is 0 Å². The Morgan fingerprint density at radius 2 is 0.714 bits per heavy atom. The molecule has 0 spiro atoms. The van der Waals surface area contributed by atoms with Crippen LogP contribution in [-0.4, -0.2) is 16.1 Å². The zero-order valence-electron chi connectivity index (χ0n) is 14.3. The van der Waals surface area contributed by atoms with Crippen molar-refractivity contribution in [2.45, 2.75) is 39.3 Å². The molecular formula is C18H28Si2Ti. The molecule has 12 radical (unpaired) electrons. The zero-order chi connectivity index (χ0) is 15.2. The predicted octanol–water partition coefficient (Wildman–Crippen LogP) is 4.94. The molecule has 0 bridgehead atoms. The van der Waals surface area contributed by atoms with Gasteiger partial charge in [0.1, 0.15) is 0 Å². The molecule has 2 rings (SSSR count). The van der Waals surface area contributed by atoms with E-state index in [2.05, 4.69) is 103 Å². The fourth-order valence-corrected chi connectivity index (χ4v) is 4.26. The summed E-state index contributed by atoms with van der Waals surface area (Å²) in [5, 5.41) is 0. The molecule has 2 fully saturated rings. The van der Waals surface area contributed by atoms with Gasteiger partial charge in [0.25, 0.3) is 0 Å². The fourth-order valence-electron chi connectivity index (χ4n) is 1.88. The molecule has 112 valence electrons. The summed E-state index contributed by atoms with van der Waals surface area (Å²) in [5.41, 5.74) is 3.07. The number of hydrogen-bond donors (Lipinski definition) is 0. The van der Waals surface area contributed by atoms with Crippen molar-refractivity contribution in [3.8, 4) is 0 Å². The van der Waals surface area contributed by atoms with Crippen molar-refractivity contribution >= 4 is 16.1 Å². The Balaban J connectivity index is 0.000000370. The molecule has 2 aliphatic carbocycles. The Kier molecular flexibility index (Phi) is 10.7. The first kappa shape index (κ1) is 22.1. The normalized spacial score (nSPS) is 22.0. The Morgan fingerprint density at radius 1 is 0.476 bits per heavy atom. The van der Waals surface area contributed by atoms with Gasteiger partial charge in [-0.1, -0.05) is 39.3 Å². The van der Waals surface area contributed by atoms with E-state index in [1.165, 1.54) is 5.54 Å². The monoisotopic (exact) mass is 348 g/mol. The van der Waals surface area contributed by atoms with Gasteiger partial charge in [-0.2, -0.15) is 0 Å². The predicted molar refractivity (Wildman–Crippen MR) is 96.2 cm³/mol. The largest absolute Gasteiger partial charge is 0.0691 e. The molecule has 2 saturated carbocycles. The van der Waals surface area contributed by atoms with Crippen LogP contribution in [0.15, 0.2) is 0 Å². The van der Waals surface area contributed by atoms with Gasteiger partial charge in [0.05, 0.1) is 16.1 Å². The van der Waals surface area contributed by atoms with Gasteiger partial charge in [0, 0.05) is 21.7 Å². The van der Waals surface area contributed by atoms with Crippen molar-refractivity contribution in [3.63, 3.8) is 0 Å². The zero-order valence-corrected chi connectivity index (χ0v) is 17.8. The summed E-state index contributed by atoms with van der Waals surface area (Å²) in [6, 6.07) is 0. The maximum Gasteiger partial charge on any atom is 0.0516 e. The second-order valence-corrected chi connectivity index (χ2v) is 17.4.